The van der Waals surface area contributed by atoms with Crippen molar-refractivity contribution in [1.29, 1.82) is 0 Å². The maximum atomic E-state index is 12.4. The van der Waals surface area contributed by atoms with Crippen molar-refractivity contribution in [3.63, 3.8) is 0 Å². The smallest absolute Gasteiger partial charge is 0.293 e. The standard InChI is InChI=1S/C18H15ClN2O3S2/c19-13-5-3-12(4-6-13)10-15-17(23)21(18(24)26-15)8-7-20-16(22)11-14-2-1-9-25-14/h1-6,9-10H,7-8,11H2,(H,20,22)/b15-10+. The molecule has 1 aliphatic heterocycles. The summed E-state index contributed by atoms with van der Waals surface area (Å²) in [6, 6.07) is 10.8. The predicted octanol–water partition coefficient (Wildman–Crippen LogP) is 3.80. The lowest BCUT2D eigenvalue weighted by molar-refractivity contribution is -0.124. The average molecular weight is 407 g/mol. The van der Waals surface area contributed by atoms with Crippen LogP contribution in [0.4, 0.5) is 4.79 Å². The number of nitrogens with zero attached hydrogens (tertiary/aromatic N) is 1. The number of benzene rings is 1. The monoisotopic (exact) mass is 406 g/mol. The number of halogens is 1. The van der Waals surface area contributed by atoms with E-state index < -0.39 is 0 Å². The van der Waals surface area contributed by atoms with Gasteiger partial charge < -0.3 is 5.32 Å². The molecule has 1 N–H and O–H groups in total. The van der Waals surface area contributed by atoms with Crippen molar-refractivity contribution in [2.75, 3.05) is 13.1 Å². The van der Waals surface area contributed by atoms with Crippen molar-refractivity contribution in [2.45, 2.75) is 6.42 Å². The number of thiophene rings is 1. The summed E-state index contributed by atoms with van der Waals surface area (Å²) in [5, 5.41) is 4.92. The lowest BCUT2D eigenvalue weighted by Gasteiger charge is -2.12. The number of nitrogens with one attached hydrogen (secondary N) is 1. The van der Waals surface area contributed by atoms with Gasteiger partial charge in [-0.3, -0.25) is 19.3 Å². The Bertz CT molecular complexity index is 848. The highest BCUT2D eigenvalue weighted by Crippen LogP contribution is 2.32. The summed E-state index contributed by atoms with van der Waals surface area (Å²) in [5.74, 6) is -0.474. The molecule has 1 saturated heterocycles. The molecule has 26 heavy (non-hydrogen) atoms. The zero-order chi connectivity index (χ0) is 18.5. The number of amides is 3. The van der Waals surface area contributed by atoms with E-state index in [9.17, 15) is 14.4 Å². The second-order valence-electron chi connectivity index (χ2n) is 5.49. The second-order valence-corrected chi connectivity index (χ2v) is 7.95. The first-order valence-electron chi connectivity index (χ1n) is 7.83. The molecule has 3 amide bonds. The van der Waals surface area contributed by atoms with Crippen LogP contribution in [0.15, 0.2) is 46.7 Å². The zero-order valence-corrected chi connectivity index (χ0v) is 16.0. The molecule has 0 radical (unpaired) electrons. The summed E-state index contributed by atoms with van der Waals surface area (Å²) in [6.07, 6.45) is 1.96. The van der Waals surface area contributed by atoms with Crippen molar-refractivity contribution in [3.05, 3.63) is 62.1 Å². The second kappa shape index (κ2) is 8.53. The number of hydrogen-bond acceptors (Lipinski definition) is 5. The minimum atomic E-state index is -0.345. The Hall–Kier alpha value is -2.09. The first-order chi connectivity index (χ1) is 12.5. The largest absolute Gasteiger partial charge is 0.354 e. The zero-order valence-electron chi connectivity index (χ0n) is 13.6. The molecule has 0 aliphatic carbocycles. The van der Waals surface area contributed by atoms with Crippen LogP contribution in [0.1, 0.15) is 10.4 Å². The van der Waals surface area contributed by atoms with E-state index in [1.165, 1.54) is 11.3 Å². The van der Waals surface area contributed by atoms with Gasteiger partial charge in [0.25, 0.3) is 11.1 Å². The lowest BCUT2D eigenvalue weighted by Crippen LogP contribution is -2.37. The molecule has 0 saturated carbocycles. The van der Waals surface area contributed by atoms with Crippen LogP contribution in [0.5, 0.6) is 0 Å². The van der Waals surface area contributed by atoms with Crippen molar-refractivity contribution < 1.29 is 14.4 Å². The van der Waals surface area contributed by atoms with Crippen LogP contribution in [0, 0.1) is 0 Å². The third-order valence-corrected chi connectivity index (χ3v) is 5.65. The van der Waals surface area contributed by atoms with Gasteiger partial charge in [-0.1, -0.05) is 29.8 Å². The third kappa shape index (κ3) is 4.75. The molecule has 0 bridgehead atoms. The van der Waals surface area contributed by atoms with Crippen molar-refractivity contribution >= 4 is 57.8 Å². The molecule has 3 rings (SSSR count). The van der Waals surface area contributed by atoms with Gasteiger partial charge >= 0.3 is 0 Å². The highest BCUT2D eigenvalue weighted by molar-refractivity contribution is 8.18. The normalized spacial score (nSPS) is 15.7. The van der Waals surface area contributed by atoms with Gasteiger partial charge in [0.1, 0.15) is 0 Å². The van der Waals surface area contributed by atoms with Gasteiger partial charge in [-0.2, -0.15) is 0 Å². The van der Waals surface area contributed by atoms with Crippen molar-refractivity contribution in [1.82, 2.24) is 10.2 Å². The van der Waals surface area contributed by atoms with E-state index in [1.807, 2.05) is 17.5 Å². The van der Waals surface area contributed by atoms with Gasteiger partial charge in [-0.25, -0.2) is 0 Å². The van der Waals surface area contributed by atoms with Gasteiger partial charge in [0.2, 0.25) is 5.91 Å². The molecule has 8 heteroatoms. The van der Waals surface area contributed by atoms with Crippen molar-refractivity contribution in [3.8, 4) is 0 Å². The van der Waals surface area contributed by atoms with E-state index in [-0.39, 0.29) is 30.1 Å². The fourth-order valence-electron chi connectivity index (χ4n) is 2.34. The quantitative estimate of drug-likeness (QED) is 0.741. The molecular weight excluding hydrogens is 392 g/mol. The fraction of sp³-hybridized carbons (Fsp3) is 0.167. The highest BCUT2D eigenvalue weighted by Gasteiger charge is 2.34. The van der Waals surface area contributed by atoms with Crippen LogP contribution in [0.3, 0.4) is 0 Å². The molecule has 0 atom stereocenters. The molecule has 1 aliphatic rings. The van der Waals surface area contributed by atoms with Crippen LogP contribution in [-0.2, 0) is 16.0 Å². The molecule has 2 aromatic rings. The van der Waals surface area contributed by atoms with E-state index in [1.54, 1.807) is 30.3 Å². The Morgan fingerprint density at radius 2 is 1.96 bits per heavy atom. The molecule has 0 spiro atoms. The third-order valence-electron chi connectivity index (χ3n) is 3.61. The van der Waals surface area contributed by atoms with E-state index in [2.05, 4.69) is 5.32 Å². The molecule has 2 heterocycles. The minimum Gasteiger partial charge on any atom is -0.354 e. The molecule has 0 unspecified atom stereocenters. The summed E-state index contributed by atoms with van der Waals surface area (Å²) in [5.41, 5.74) is 0.796. The van der Waals surface area contributed by atoms with Crippen LogP contribution in [0.2, 0.25) is 5.02 Å². The van der Waals surface area contributed by atoms with E-state index in [0.717, 1.165) is 27.1 Å². The number of thioether (sulfide) groups is 1. The SMILES string of the molecule is O=C(Cc1cccs1)NCCN1C(=O)S/C(=C/c2ccc(Cl)cc2)C1=O. The van der Waals surface area contributed by atoms with Crippen LogP contribution >= 0.6 is 34.7 Å². The lowest BCUT2D eigenvalue weighted by atomic mass is 10.2. The molecule has 134 valence electrons. The molecule has 1 aromatic carbocycles. The van der Waals surface area contributed by atoms with Gasteiger partial charge in [-0.05, 0) is 47.0 Å². The van der Waals surface area contributed by atoms with E-state index in [0.29, 0.717) is 16.3 Å². The van der Waals surface area contributed by atoms with Gasteiger partial charge in [0.15, 0.2) is 0 Å². The van der Waals surface area contributed by atoms with Crippen LogP contribution < -0.4 is 5.32 Å². The summed E-state index contributed by atoms with van der Waals surface area (Å²) >= 11 is 8.25. The summed E-state index contributed by atoms with van der Waals surface area (Å²) in [4.78, 5) is 38.8. The minimum absolute atomic E-state index is 0.129. The summed E-state index contributed by atoms with van der Waals surface area (Å²) < 4.78 is 0. The van der Waals surface area contributed by atoms with Crippen LogP contribution in [-0.4, -0.2) is 35.0 Å². The summed E-state index contributed by atoms with van der Waals surface area (Å²) in [7, 11) is 0. The van der Waals surface area contributed by atoms with Crippen LogP contribution in [0.25, 0.3) is 6.08 Å². The Morgan fingerprint density at radius 1 is 1.19 bits per heavy atom. The molecular formula is C18H15ClN2O3S2. The number of imide groups is 1. The fourth-order valence-corrected chi connectivity index (χ4v) is 4.04. The number of hydrogen-bond donors (Lipinski definition) is 1. The molecule has 1 aromatic heterocycles. The molecule has 1 fully saturated rings. The maximum Gasteiger partial charge on any atom is 0.293 e. The van der Waals surface area contributed by atoms with E-state index in [4.69, 9.17) is 11.6 Å². The number of rotatable bonds is 6. The Kier molecular flexibility index (Phi) is 6.13. The number of carbonyl (C=O) groups is 3. The van der Waals surface area contributed by atoms with Gasteiger partial charge in [0, 0.05) is 23.0 Å². The highest BCUT2D eigenvalue weighted by atomic mass is 35.5. The van der Waals surface area contributed by atoms with Gasteiger partial charge in [-0.15, -0.1) is 11.3 Å². The molecule has 5 nitrogen and oxygen atoms in total. The Labute approximate surface area is 164 Å². The maximum absolute atomic E-state index is 12.4. The number of carbonyl (C=O) groups excluding carboxylic acids is 3. The Morgan fingerprint density at radius 3 is 2.65 bits per heavy atom. The first-order valence-corrected chi connectivity index (χ1v) is 9.90. The van der Waals surface area contributed by atoms with E-state index >= 15 is 0 Å². The topological polar surface area (TPSA) is 66.5 Å². The summed E-state index contributed by atoms with van der Waals surface area (Å²) in [6.45, 7) is 0.384. The Balaban J connectivity index is 1.54. The predicted molar refractivity (Wildman–Crippen MR) is 105 cm³/mol. The van der Waals surface area contributed by atoms with Gasteiger partial charge in [0.05, 0.1) is 11.3 Å². The van der Waals surface area contributed by atoms with Crippen molar-refractivity contribution in [2.24, 2.45) is 0 Å². The first kappa shape index (κ1) is 18.7. The average Bonchev–Trinajstić information content (AvgIpc) is 3.20.